The van der Waals surface area contributed by atoms with E-state index in [-0.39, 0.29) is 5.12 Å². The summed E-state index contributed by atoms with van der Waals surface area (Å²) >= 11 is 1.27. The van der Waals surface area contributed by atoms with Crippen molar-refractivity contribution in [2.45, 2.75) is 25.2 Å². The maximum Gasteiger partial charge on any atom is 0.190 e. The van der Waals surface area contributed by atoms with Crippen molar-refractivity contribution in [2.24, 2.45) is 0 Å². The van der Waals surface area contributed by atoms with E-state index in [1.54, 1.807) is 6.92 Å². The average molecular weight is 256 g/mol. The zero-order chi connectivity index (χ0) is 13.0. The van der Waals surface area contributed by atoms with Crippen LogP contribution < -0.4 is 0 Å². The Kier molecular flexibility index (Phi) is 4.21. The van der Waals surface area contributed by atoms with Crippen molar-refractivity contribution >= 4 is 16.9 Å². The lowest BCUT2D eigenvalue weighted by Gasteiger charge is -2.04. The molecule has 0 aromatic heterocycles. The molecule has 0 aliphatic heterocycles. The standard InChI is InChI=1S/C16H16OS/c1-3-13-4-6-14(7-5-13)15-8-10-16(11-9-15)18-12(2)17/h4-11H,3H2,1-2H3. The van der Waals surface area contributed by atoms with Crippen LogP contribution in [0.2, 0.25) is 0 Å². The molecule has 0 fully saturated rings. The predicted octanol–water partition coefficient (Wildman–Crippen LogP) is 4.55. The highest BCUT2D eigenvalue weighted by Crippen LogP contribution is 2.24. The van der Waals surface area contributed by atoms with E-state index in [4.69, 9.17) is 0 Å². The van der Waals surface area contributed by atoms with Crippen molar-refractivity contribution < 1.29 is 4.79 Å². The molecule has 0 N–H and O–H groups in total. The molecule has 0 heterocycles. The van der Waals surface area contributed by atoms with Gasteiger partial charge in [0.25, 0.3) is 0 Å². The van der Waals surface area contributed by atoms with Gasteiger partial charge in [-0.1, -0.05) is 55.1 Å². The molecule has 2 aromatic rings. The summed E-state index contributed by atoms with van der Waals surface area (Å²) in [5.74, 6) is 0. The molecule has 2 aromatic carbocycles. The third kappa shape index (κ3) is 3.23. The summed E-state index contributed by atoms with van der Waals surface area (Å²) in [7, 11) is 0. The lowest BCUT2D eigenvalue weighted by Crippen LogP contribution is -1.83. The number of hydrogen-bond donors (Lipinski definition) is 0. The van der Waals surface area contributed by atoms with E-state index in [0.29, 0.717) is 0 Å². The highest BCUT2D eigenvalue weighted by atomic mass is 32.2. The number of carbonyl (C=O) groups excluding carboxylic acids is 1. The van der Waals surface area contributed by atoms with Crippen LogP contribution in [-0.4, -0.2) is 5.12 Å². The Hall–Kier alpha value is -1.54. The molecule has 0 aliphatic carbocycles. The minimum atomic E-state index is 0.120. The molecule has 0 saturated carbocycles. The monoisotopic (exact) mass is 256 g/mol. The lowest BCUT2D eigenvalue weighted by molar-refractivity contribution is -0.109. The third-order valence-corrected chi connectivity index (χ3v) is 3.61. The van der Waals surface area contributed by atoms with Crippen molar-refractivity contribution in [3.8, 4) is 11.1 Å². The van der Waals surface area contributed by atoms with Crippen molar-refractivity contribution in [3.05, 3.63) is 54.1 Å². The highest BCUT2D eigenvalue weighted by molar-refractivity contribution is 8.13. The normalized spacial score (nSPS) is 10.3. The molecule has 1 nitrogen and oxygen atoms in total. The average Bonchev–Trinajstić information content (AvgIpc) is 2.39. The molecule has 92 valence electrons. The van der Waals surface area contributed by atoms with Gasteiger partial charge in [-0.25, -0.2) is 0 Å². The first kappa shape index (κ1) is 12.9. The van der Waals surface area contributed by atoms with E-state index in [0.717, 1.165) is 11.3 Å². The first-order chi connectivity index (χ1) is 8.69. The molecular formula is C16H16OS. The van der Waals surface area contributed by atoms with E-state index in [1.165, 1.54) is 28.5 Å². The Morgan fingerprint density at radius 3 is 1.89 bits per heavy atom. The fourth-order valence-corrected chi connectivity index (χ4v) is 2.42. The Balaban J connectivity index is 2.20. The van der Waals surface area contributed by atoms with Crippen LogP contribution in [0.5, 0.6) is 0 Å². The largest absolute Gasteiger partial charge is 0.287 e. The van der Waals surface area contributed by atoms with Gasteiger partial charge in [0.1, 0.15) is 0 Å². The molecule has 2 rings (SSSR count). The second-order valence-corrected chi connectivity index (χ2v) is 5.42. The molecule has 0 aliphatic rings. The van der Waals surface area contributed by atoms with Gasteiger partial charge in [0.2, 0.25) is 0 Å². The Labute approximate surface area is 112 Å². The van der Waals surface area contributed by atoms with Gasteiger partial charge in [-0.15, -0.1) is 0 Å². The summed E-state index contributed by atoms with van der Waals surface area (Å²) in [6.45, 7) is 3.74. The molecule has 0 atom stereocenters. The smallest absolute Gasteiger partial charge is 0.190 e. The summed E-state index contributed by atoms with van der Waals surface area (Å²) in [4.78, 5) is 12.0. The number of thioether (sulfide) groups is 1. The minimum Gasteiger partial charge on any atom is -0.287 e. The van der Waals surface area contributed by atoms with Crippen LogP contribution in [0.25, 0.3) is 11.1 Å². The summed E-state index contributed by atoms with van der Waals surface area (Å²) in [6, 6.07) is 16.7. The van der Waals surface area contributed by atoms with Crippen molar-refractivity contribution in [3.63, 3.8) is 0 Å². The van der Waals surface area contributed by atoms with Crippen LogP contribution in [0.4, 0.5) is 0 Å². The molecule has 0 radical (unpaired) electrons. The maximum absolute atomic E-state index is 11.0. The molecule has 0 bridgehead atoms. The Bertz CT molecular complexity index is 526. The first-order valence-electron chi connectivity index (χ1n) is 6.07. The summed E-state index contributed by atoms with van der Waals surface area (Å²) in [5.41, 5.74) is 3.75. The molecular weight excluding hydrogens is 240 g/mol. The van der Waals surface area contributed by atoms with Gasteiger partial charge in [-0.2, -0.15) is 0 Å². The molecule has 2 heteroatoms. The van der Waals surface area contributed by atoms with Gasteiger partial charge in [0.05, 0.1) is 0 Å². The van der Waals surface area contributed by atoms with E-state index in [1.807, 2.05) is 12.1 Å². The third-order valence-electron chi connectivity index (χ3n) is 2.81. The summed E-state index contributed by atoms with van der Waals surface area (Å²) < 4.78 is 0. The second kappa shape index (κ2) is 5.87. The van der Waals surface area contributed by atoms with Crippen LogP contribution in [0.15, 0.2) is 53.4 Å². The van der Waals surface area contributed by atoms with Crippen LogP contribution in [0.3, 0.4) is 0 Å². The van der Waals surface area contributed by atoms with Crippen molar-refractivity contribution in [2.75, 3.05) is 0 Å². The quantitative estimate of drug-likeness (QED) is 0.749. The summed E-state index contributed by atoms with van der Waals surface area (Å²) in [6.07, 6.45) is 1.06. The lowest BCUT2D eigenvalue weighted by atomic mass is 10.0. The topological polar surface area (TPSA) is 17.1 Å². The van der Waals surface area contributed by atoms with Crippen molar-refractivity contribution in [1.82, 2.24) is 0 Å². The second-order valence-electron chi connectivity index (χ2n) is 4.17. The summed E-state index contributed by atoms with van der Waals surface area (Å²) in [5, 5.41) is 0.120. The number of benzene rings is 2. The molecule has 18 heavy (non-hydrogen) atoms. The molecule has 0 unspecified atom stereocenters. The van der Waals surface area contributed by atoms with E-state index in [9.17, 15) is 4.79 Å². The van der Waals surface area contributed by atoms with E-state index < -0.39 is 0 Å². The van der Waals surface area contributed by atoms with Crippen LogP contribution >= 0.6 is 11.8 Å². The van der Waals surface area contributed by atoms with Crippen LogP contribution in [-0.2, 0) is 11.2 Å². The fourth-order valence-electron chi connectivity index (χ4n) is 1.81. The van der Waals surface area contributed by atoms with Crippen molar-refractivity contribution in [1.29, 1.82) is 0 Å². The first-order valence-corrected chi connectivity index (χ1v) is 6.88. The zero-order valence-corrected chi connectivity index (χ0v) is 11.5. The van der Waals surface area contributed by atoms with Crippen LogP contribution in [0, 0.1) is 0 Å². The fraction of sp³-hybridized carbons (Fsp3) is 0.188. The van der Waals surface area contributed by atoms with Gasteiger partial charge in [-0.3, -0.25) is 4.79 Å². The van der Waals surface area contributed by atoms with Crippen LogP contribution in [0.1, 0.15) is 19.4 Å². The van der Waals surface area contributed by atoms with Gasteiger partial charge in [-0.05, 0) is 35.2 Å². The number of hydrogen-bond acceptors (Lipinski definition) is 2. The maximum atomic E-state index is 11.0. The molecule has 0 spiro atoms. The number of aryl methyl sites for hydroxylation is 1. The molecule has 0 saturated heterocycles. The van der Waals surface area contributed by atoms with Gasteiger partial charge in [0.15, 0.2) is 5.12 Å². The van der Waals surface area contributed by atoms with Gasteiger partial charge < -0.3 is 0 Å². The molecule has 0 amide bonds. The number of carbonyl (C=O) groups is 1. The minimum absolute atomic E-state index is 0.120. The highest BCUT2D eigenvalue weighted by Gasteiger charge is 2.01. The van der Waals surface area contributed by atoms with E-state index in [2.05, 4.69) is 43.3 Å². The Morgan fingerprint density at radius 2 is 1.44 bits per heavy atom. The Morgan fingerprint density at radius 1 is 0.944 bits per heavy atom. The van der Waals surface area contributed by atoms with E-state index >= 15 is 0 Å². The SMILES string of the molecule is CCc1ccc(-c2ccc(SC(C)=O)cc2)cc1. The number of rotatable bonds is 3. The van der Waals surface area contributed by atoms with Gasteiger partial charge in [0, 0.05) is 11.8 Å². The zero-order valence-electron chi connectivity index (χ0n) is 10.6. The van der Waals surface area contributed by atoms with Gasteiger partial charge >= 0.3 is 0 Å². The predicted molar refractivity (Wildman–Crippen MR) is 77.8 cm³/mol.